The number of halogens is 3. The number of para-hydroxylation sites is 1. The normalized spacial score (nSPS) is 11.5. The minimum Gasteiger partial charge on any atom is -0.343 e. The first kappa shape index (κ1) is 19.3. The van der Waals surface area contributed by atoms with Gasteiger partial charge in [0.25, 0.3) is 15.9 Å². The predicted molar refractivity (Wildman–Crippen MR) is 86.8 cm³/mol. The van der Waals surface area contributed by atoms with Crippen LogP contribution in [0.25, 0.3) is 0 Å². The van der Waals surface area contributed by atoms with Gasteiger partial charge in [-0.1, -0.05) is 12.1 Å². The fourth-order valence-corrected chi connectivity index (χ4v) is 3.02. The fourth-order valence-electron chi connectivity index (χ4n) is 1.94. The third kappa shape index (κ3) is 4.97. The van der Waals surface area contributed by atoms with E-state index < -0.39 is 28.7 Å². The Kier molecular flexibility index (Phi) is 5.52. The minimum absolute atomic E-state index is 0.0852. The van der Waals surface area contributed by atoms with E-state index in [1.807, 2.05) is 6.07 Å². The topological polar surface area (TPSA) is 99.1 Å². The van der Waals surface area contributed by atoms with Crippen LogP contribution in [0.2, 0.25) is 0 Å². The van der Waals surface area contributed by atoms with E-state index >= 15 is 0 Å². The van der Waals surface area contributed by atoms with Gasteiger partial charge in [-0.3, -0.25) is 9.52 Å². The Morgan fingerprint density at radius 1 is 1.08 bits per heavy atom. The van der Waals surface area contributed by atoms with E-state index in [9.17, 15) is 26.4 Å². The zero-order valence-electron chi connectivity index (χ0n) is 13.0. The molecule has 2 aromatic rings. The lowest BCUT2D eigenvalue weighted by Gasteiger charge is -2.11. The zero-order valence-corrected chi connectivity index (χ0v) is 13.9. The van der Waals surface area contributed by atoms with Gasteiger partial charge in [-0.25, -0.2) is 8.42 Å². The Balaban J connectivity index is 2.16. The summed E-state index contributed by atoms with van der Waals surface area (Å²) in [6.45, 7) is -1.49. The first-order valence-corrected chi connectivity index (χ1v) is 8.58. The highest BCUT2D eigenvalue weighted by molar-refractivity contribution is 7.92. The van der Waals surface area contributed by atoms with Gasteiger partial charge in [0.1, 0.15) is 12.6 Å². The lowest BCUT2D eigenvalue weighted by atomic mass is 10.2. The SMILES string of the molecule is N#Cc1ccccc1NS(=O)(=O)c1ccc(C(=O)NCC(F)(F)F)cc1. The van der Waals surface area contributed by atoms with Crippen molar-refractivity contribution < 1.29 is 26.4 Å². The average Bonchev–Trinajstić information content (AvgIpc) is 2.59. The van der Waals surface area contributed by atoms with Crippen LogP contribution in [-0.2, 0) is 10.0 Å². The Labute approximate surface area is 147 Å². The Morgan fingerprint density at radius 3 is 2.27 bits per heavy atom. The predicted octanol–water partition coefficient (Wildman–Crippen LogP) is 2.65. The highest BCUT2D eigenvalue weighted by Crippen LogP contribution is 2.20. The van der Waals surface area contributed by atoms with Crippen LogP contribution in [0.3, 0.4) is 0 Å². The number of carbonyl (C=O) groups excluding carboxylic acids is 1. The Hall–Kier alpha value is -3.06. The smallest absolute Gasteiger partial charge is 0.343 e. The van der Waals surface area contributed by atoms with Gasteiger partial charge in [-0.05, 0) is 36.4 Å². The highest BCUT2D eigenvalue weighted by Gasteiger charge is 2.28. The zero-order chi connectivity index (χ0) is 19.4. The number of nitrogens with zero attached hydrogens (tertiary/aromatic N) is 1. The average molecular weight is 383 g/mol. The maximum absolute atomic E-state index is 12.3. The number of hydrogen-bond acceptors (Lipinski definition) is 4. The van der Waals surface area contributed by atoms with E-state index in [4.69, 9.17) is 5.26 Å². The number of alkyl halides is 3. The summed E-state index contributed by atoms with van der Waals surface area (Å²) >= 11 is 0. The van der Waals surface area contributed by atoms with Gasteiger partial charge in [-0.15, -0.1) is 0 Å². The van der Waals surface area contributed by atoms with Gasteiger partial charge < -0.3 is 5.32 Å². The molecule has 0 atom stereocenters. The molecule has 10 heteroatoms. The molecular formula is C16H12F3N3O3S. The maximum atomic E-state index is 12.3. The molecule has 0 aliphatic carbocycles. The molecule has 0 saturated heterocycles. The standard InChI is InChI=1S/C16H12F3N3O3S/c17-16(18,19)10-21-15(23)11-5-7-13(8-6-11)26(24,25)22-14-4-2-1-3-12(14)9-20/h1-8,22H,10H2,(H,21,23). The quantitative estimate of drug-likeness (QED) is 0.829. The van der Waals surface area contributed by atoms with E-state index in [0.717, 1.165) is 24.3 Å². The third-order valence-corrected chi connectivity index (χ3v) is 4.55. The molecule has 0 radical (unpaired) electrons. The summed E-state index contributed by atoms with van der Waals surface area (Å²) in [5, 5.41) is 10.7. The van der Waals surface area contributed by atoms with Crippen molar-refractivity contribution in [2.75, 3.05) is 11.3 Å². The Bertz CT molecular complexity index is 949. The molecule has 0 aromatic heterocycles. The lowest BCUT2D eigenvalue weighted by molar-refractivity contribution is -0.123. The van der Waals surface area contributed by atoms with E-state index in [1.165, 1.54) is 12.1 Å². The summed E-state index contributed by atoms with van der Waals surface area (Å²) in [5.41, 5.74) is 0.0897. The molecule has 2 aromatic carbocycles. The number of hydrogen-bond donors (Lipinski definition) is 2. The molecule has 0 aliphatic rings. The van der Waals surface area contributed by atoms with Crippen LogP contribution in [-0.4, -0.2) is 27.0 Å². The summed E-state index contributed by atoms with van der Waals surface area (Å²) in [6.07, 6.45) is -4.54. The monoisotopic (exact) mass is 383 g/mol. The number of carbonyl (C=O) groups is 1. The van der Waals surface area contributed by atoms with Gasteiger partial charge >= 0.3 is 6.18 Å². The largest absolute Gasteiger partial charge is 0.405 e. The molecule has 0 fully saturated rings. The van der Waals surface area contributed by atoms with Crippen molar-refractivity contribution in [2.45, 2.75) is 11.1 Å². The molecule has 0 bridgehead atoms. The second-order valence-electron chi connectivity index (χ2n) is 5.09. The molecular weight excluding hydrogens is 371 g/mol. The maximum Gasteiger partial charge on any atom is 0.405 e. The van der Waals surface area contributed by atoms with Crippen molar-refractivity contribution in [1.29, 1.82) is 5.26 Å². The molecule has 1 amide bonds. The van der Waals surface area contributed by atoms with Crippen LogP contribution in [0.1, 0.15) is 15.9 Å². The van der Waals surface area contributed by atoms with Gasteiger partial charge in [0.15, 0.2) is 0 Å². The second kappa shape index (κ2) is 7.45. The third-order valence-electron chi connectivity index (χ3n) is 3.17. The van der Waals surface area contributed by atoms with E-state index in [0.29, 0.717) is 0 Å². The molecule has 136 valence electrons. The summed E-state index contributed by atoms with van der Waals surface area (Å²) in [7, 11) is -4.04. The van der Waals surface area contributed by atoms with Crippen LogP contribution in [0.5, 0.6) is 0 Å². The van der Waals surface area contributed by atoms with Crippen LogP contribution >= 0.6 is 0 Å². The summed E-state index contributed by atoms with van der Waals surface area (Å²) in [4.78, 5) is 11.4. The lowest BCUT2D eigenvalue weighted by Crippen LogP contribution is -2.33. The highest BCUT2D eigenvalue weighted by atomic mass is 32.2. The van der Waals surface area contributed by atoms with Gasteiger partial charge in [0, 0.05) is 5.56 Å². The molecule has 6 nitrogen and oxygen atoms in total. The minimum atomic E-state index is -4.54. The molecule has 0 heterocycles. The van der Waals surface area contributed by atoms with E-state index in [2.05, 4.69) is 4.72 Å². The van der Waals surface area contributed by atoms with Crippen molar-refractivity contribution in [3.05, 3.63) is 59.7 Å². The number of amides is 1. The number of nitrogens with one attached hydrogen (secondary N) is 2. The van der Waals surface area contributed by atoms with Gasteiger partial charge in [0.2, 0.25) is 0 Å². The number of benzene rings is 2. The summed E-state index contributed by atoms with van der Waals surface area (Å²) in [6, 6.07) is 12.2. The molecule has 0 unspecified atom stereocenters. The molecule has 2 rings (SSSR count). The van der Waals surface area contributed by atoms with Crippen molar-refractivity contribution in [1.82, 2.24) is 5.32 Å². The number of nitriles is 1. The molecule has 26 heavy (non-hydrogen) atoms. The number of anilines is 1. The van der Waals surface area contributed by atoms with E-state index in [-0.39, 0.29) is 21.7 Å². The number of rotatable bonds is 5. The number of sulfonamides is 1. The van der Waals surface area contributed by atoms with Gasteiger partial charge in [-0.2, -0.15) is 18.4 Å². The van der Waals surface area contributed by atoms with Crippen LogP contribution in [0.4, 0.5) is 18.9 Å². The van der Waals surface area contributed by atoms with Crippen molar-refractivity contribution in [3.63, 3.8) is 0 Å². The van der Waals surface area contributed by atoms with Crippen molar-refractivity contribution in [3.8, 4) is 6.07 Å². The molecule has 0 spiro atoms. The van der Waals surface area contributed by atoms with Crippen molar-refractivity contribution >= 4 is 21.6 Å². The second-order valence-corrected chi connectivity index (χ2v) is 6.77. The van der Waals surface area contributed by atoms with Gasteiger partial charge in [0.05, 0.1) is 16.1 Å². The fraction of sp³-hybridized carbons (Fsp3) is 0.125. The van der Waals surface area contributed by atoms with Crippen molar-refractivity contribution in [2.24, 2.45) is 0 Å². The summed E-state index contributed by atoms with van der Waals surface area (Å²) in [5.74, 6) is -0.978. The molecule has 0 saturated carbocycles. The van der Waals surface area contributed by atoms with Crippen LogP contribution in [0.15, 0.2) is 53.4 Å². The van der Waals surface area contributed by atoms with E-state index in [1.54, 1.807) is 17.4 Å². The van der Waals surface area contributed by atoms with Crippen LogP contribution < -0.4 is 10.0 Å². The van der Waals surface area contributed by atoms with Crippen LogP contribution in [0, 0.1) is 11.3 Å². The molecule has 0 aliphatic heterocycles. The first-order valence-electron chi connectivity index (χ1n) is 7.09. The Morgan fingerprint density at radius 2 is 1.69 bits per heavy atom. The first-order chi connectivity index (χ1) is 12.1. The summed E-state index contributed by atoms with van der Waals surface area (Å²) < 4.78 is 63.2. The molecule has 2 N–H and O–H groups in total.